The average Bonchev–Trinajstić information content (AvgIpc) is 2.28. The van der Waals surface area contributed by atoms with Gasteiger partial charge in [-0.1, -0.05) is 23.2 Å². The fourth-order valence-electron chi connectivity index (χ4n) is 1.36. The molecular formula is C11H7Cl2FN2O. The minimum absolute atomic E-state index is 0.0619. The Morgan fingerprint density at radius 2 is 1.94 bits per heavy atom. The zero-order valence-corrected chi connectivity index (χ0v) is 10.2. The molecule has 88 valence electrons. The van der Waals surface area contributed by atoms with Crippen molar-refractivity contribution in [1.82, 2.24) is 9.97 Å². The average molecular weight is 273 g/mol. The third kappa shape index (κ3) is 2.18. The Labute approximate surface area is 107 Å². The molecule has 6 heteroatoms. The van der Waals surface area contributed by atoms with E-state index >= 15 is 0 Å². The second kappa shape index (κ2) is 4.47. The summed E-state index contributed by atoms with van der Waals surface area (Å²) in [6.45, 7) is 1.68. The highest BCUT2D eigenvalue weighted by Crippen LogP contribution is 2.34. The van der Waals surface area contributed by atoms with Gasteiger partial charge in [-0.2, -0.15) is 0 Å². The molecule has 0 aliphatic heterocycles. The summed E-state index contributed by atoms with van der Waals surface area (Å²) in [5.41, 5.74) is 0.844. The molecule has 1 N–H and O–H groups in total. The molecule has 0 aliphatic carbocycles. The smallest absolute Gasteiger partial charge is 0.135 e. The summed E-state index contributed by atoms with van der Waals surface area (Å²) in [4.78, 5) is 7.78. The molecule has 2 aromatic rings. The number of phenolic OH excluding ortho intramolecular Hbond substituents is 1. The second-order valence-corrected chi connectivity index (χ2v) is 4.19. The van der Waals surface area contributed by atoms with Gasteiger partial charge in [0.25, 0.3) is 0 Å². The second-order valence-electron chi connectivity index (χ2n) is 3.41. The highest BCUT2D eigenvalue weighted by Gasteiger charge is 2.15. The van der Waals surface area contributed by atoms with Crippen molar-refractivity contribution in [3.8, 4) is 17.0 Å². The van der Waals surface area contributed by atoms with Gasteiger partial charge in [0.15, 0.2) is 0 Å². The van der Waals surface area contributed by atoms with E-state index in [2.05, 4.69) is 9.97 Å². The lowest BCUT2D eigenvalue weighted by Gasteiger charge is -2.07. The summed E-state index contributed by atoms with van der Waals surface area (Å²) in [7, 11) is 0. The molecule has 3 nitrogen and oxygen atoms in total. The lowest BCUT2D eigenvalue weighted by molar-refractivity contribution is 0.474. The van der Waals surface area contributed by atoms with E-state index in [9.17, 15) is 9.50 Å². The summed E-state index contributed by atoms with van der Waals surface area (Å²) < 4.78 is 13.7. The van der Waals surface area contributed by atoms with Crippen molar-refractivity contribution in [2.45, 2.75) is 6.92 Å². The summed E-state index contributed by atoms with van der Waals surface area (Å²) >= 11 is 11.6. The van der Waals surface area contributed by atoms with Crippen molar-refractivity contribution in [2.75, 3.05) is 0 Å². The van der Waals surface area contributed by atoms with Crippen molar-refractivity contribution in [3.05, 3.63) is 40.0 Å². The van der Waals surface area contributed by atoms with Gasteiger partial charge >= 0.3 is 0 Å². The minimum atomic E-state index is -0.604. The van der Waals surface area contributed by atoms with Gasteiger partial charge in [-0.3, -0.25) is 0 Å². The summed E-state index contributed by atoms with van der Waals surface area (Å²) in [5.74, 6) is -0.830. The number of nitrogens with zero attached hydrogens (tertiary/aromatic N) is 2. The fraction of sp³-hybridized carbons (Fsp3) is 0.0909. The van der Waals surface area contributed by atoms with E-state index < -0.39 is 5.82 Å². The van der Waals surface area contributed by atoms with E-state index in [1.54, 1.807) is 6.92 Å². The largest absolute Gasteiger partial charge is 0.506 e. The van der Waals surface area contributed by atoms with Crippen LogP contribution in [0.2, 0.25) is 10.0 Å². The van der Waals surface area contributed by atoms with Gasteiger partial charge in [0.05, 0.1) is 21.4 Å². The maximum Gasteiger partial charge on any atom is 0.135 e. The predicted molar refractivity (Wildman–Crippen MR) is 63.8 cm³/mol. The molecule has 1 aromatic heterocycles. The van der Waals surface area contributed by atoms with Crippen LogP contribution in [0.5, 0.6) is 5.75 Å². The van der Waals surface area contributed by atoms with E-state index in [4.69, 9.17) is 23.2 Å². The van der Waals surface area contributed by atoms with Crippen molar-refractivity contribution in [2.24, 2.45) is 0 Å². The Bertz CT molecular complexity index is 590. The molecule has 17 heavy (non-hydrogen) atoms. The van der Waals surface area contributed by atoms with Crippen LogP contribution in [0, 0.1) is 12.7 Å². The molecule has 0 saturated carbocycles. The van der Waals surface area contributed by atoms with E-state index in [0.29, 0.717) is 5.69 Å². The minimum Gasteiger partial charge on any atom is -0.506 e. The van der Waals surface area contributed by atoms with E-state index in [0.717, 1.165) is 6.07 Å². The molecule has 0 bridgehead atoms. The quantitative estimate of drug-likeness (QED) is 0.863. The third-order valence-corrected chi connectivity index (χ3v) is 3.01. The lowest BCUT2D eigenvalue weighted by Crippen LogP contribution is -1.93. The van der Waals surface area contributed by atoms with E-state index in [1.165, 1.54) is 12.4 Å². The first-order valence-corrected chi connectivity index (χ1v) is 5.41. The number of aromatic nitrogens is 2. The van der Waals surface area contributed by atoms with Crippen LogP contribution in [0.4, 0.5) is 4.39 Å². The zero-order valence-electron chi connectivity index (χ0n) is 8.71. The van der Waals surface area contributed by atoms with Crippen molar-refractivity contribution >= 4 is 23.2 Å². The van der Waals surface area contributed by atoms with Gasteiger partial charge in [-0.25, -0.2) is 14.4 Å². The van der Waals surface area contributed by atoms with Crippen molar-refractivity contribution in [3.63, 3.8) is 0 Å². The van der Waals surface area contributed by atoms with Crippen LogP contribution in [0.3, 0.4) is 0 Å². The first kappa shape index (κ1) is 12.1. The van der Waals surface area contributed by atoms with Crippen LogP contribution < -0.4 is 0 Å². The first-order chi connectivity index (χ1) is 8.00. The topological polar surface area (TPSA) is 46.0 Å². The Kier molecular flexibility index (Phi) is 3.17. The van der Waals surface area contributed by atoms with Crippen LogP contribution in [0.1, 0.15) is 5.69 Å². The van der Waals surface area contributed by atoms with E-state index in [-0.39, 0.29) is 27.1 Å². The molecular weight excluding hydrogens is 266 g/mol. The predicted octanol–water partition coefficient (Wildman–Crippen LogP) is 3.60. The Morgan fingerprint density at radius 3 is 2.65 bits per heavy atom. The van der Waals surface area contributed by atoms with E-state index in [1.807, 2.05) is 0 Å². The summed E-state index contributed by atoms with van der Waals surface area (Å²) in [5, 5.41) is 9.64. The van der Waals surface area contributed by atoms with Gasteiger partial charge in [0.1, 0.15) is 17.9 Å². The van der Waals surface area contributed by atoms with Gasteiger partial charge in [0, 0.05) is 5.56 Å². The Hall–Kier alpha value is -1.39. The van der Waals surface area contributed by atoms with Gasteiger partial charge in [-0.05, 0) is 19.1 Å². The van der Waals surface area contributed by atoms with Crippen molar-refractivity contribution in [1.29, 1.82) is 0 Å². The number of aryl methyl sites for hydroxylation is 1. The molecule has 0 fully saturated rings. The Morgan fingerprint density at radius 1 is 1.24 bits per heavy atom. The number of aromatic hydroxyl groups is 1. The zero-order chi connectivity index (χ0) is 12.6. The highest BCUT2D eigenvalue weighted by molar-refractivity contribution is 6.34. The maximum absolute atomic E-state index is 13.7. The fourth-order valence-corrected chi connectivity index (χ4v) is 1.71. The molecule has 0 atom stereocenters. The number of hydrogen-bond donors (Lipinski definition) is 1. The molecule has 1 aromatic carbocycles. The van der Waals surface area contributed by atoms with Gasteiger partial charge in [0.2, 0.25) is 0 Å². The monoisotopic (exact) mass is 272 g/mol. The molecule has 0 aliphatic rings. The number of benzene rings is 1. The number of rotatable bonds is 1. The van der Waals surface area contributed by atoms with Gasteiger partial charge in [-0.15, -0.1) is 0 Å². The molecule has 0 amide bonds. The molecule has 0 spiro atoms. The van der Waals surface area contributed by atoms with Crippen LogP contribution in [0.25, 0.3) is 11.3 Å². The molecule has 0 saturated heterocycles. The molecule has 2 rings (SSSR count). The normalized spacial score (nSPS) is 10.6. The SMILES string of the molecule is Cc1ncnc(-c2cc(O)c(Cl)cc2F)c1Cl. The standard InChI is InChI=1S/C11H7Cl2FN2O/c1-5-10(13)11(16-4-15-5)6-2-9(17)7(12)3-8(6)14/h2-4,17H,1H3. The number of phenols is 1. The number of hydrogen-bond acceptors (Lipinski definition) is 3. The van der Waals surface area contributed by atoms with Crippen molar-refractivity contribution < 1.29 is 9.50 Å². The van der Waals surface area contributed by atoms with Gasteiger partial charge < -0.3 is 5.11 Å². The Balaban J connectivity index is 2.69. The molecule has 1 heterocycles. The van der Waals surface area contributed by atoms with Crippen LogP contribution in [0.15, 0.2) is 18.5 Å². The lowest BCUT2D eigenvalue weighted by atomic mass is 10.1. The van der Waals surface area contributed by atoms with Crippen LogP contribution in [-0.2, 0) is 0 Å². The maximum atomic E-state index is 13.7. The summed E-state index contributed by atoms with van der Waals surface area (Å²) in [6.07, 6.45) is 1.28. The first-order valence-electron chi connectivity index (χ1n) is 4.66. The highest BCUT2D eigenvalue weighted by atomic mass is 35.5. The third-order valence-electron chi connectivity index (χ3n) is 2.26. The number of halogens is 3. The molecule has 0 radical (unpaired) electrons. The molecule has 0 unspecified atom stereocenters. The van der Waals surface area contributed by atoms with Crippen LogP contribution in [-0.4, -0.2) is 15.1 Å². The van der Waals surface area contributed by atoms with Crippen LogP contribution >= 0.6 is 23.2 Å². The summed E-state index contributed by atoms with van der Waals surface area (Å²) in [6, 6.07) is 2.20.